The Balaban J connectivity index is 2.22. The van der Waals surface area contributed by atoms with Crippen molar-refractivity contribution in [3.05, 3.63) is 62.1 Å². The number of benzene rings is 2. The van der Waals surface area contributed by atoms with E-state index in [1.54, 1.807) is 0 Å². The van der Waals surface area contributed by atoms with E-state index in [9.17, 15) is 29.3 Å². The number of nitrogens with one attached hydrogen (secondary N) is 1. The molecule has 0 radical (unpaired) electrons. The number of anilines is 1. The lowest BCUT2D eigenvalue weighted by Crippen LogP contribution is -2.41. The summed E-state index contributed by atoms with van der Waals surface area (Å²) in [6, 6.07) is 7.33. The van der Waals surface area contributed by atoms with E-state index in [0.717, 1.165) is 17.0 Å². The zero-order valence-corrected chi connectivity index (χ0v) is 18.9. The van der Waals surface area contributed by atoms with Crippen LogP contribution in [0.3, 0.4) is 0 Å². The minimum Gasteiger partial charge on any atom is -0.468 e. The van der Waals surface area contributed by atoms with E-state index in [0.29, 0.717) is 0 Å². The lowest BCUT2D eigenvalue weighted by atomic mass is 10.1. The quantitative estimate of drug-likeness (QED) is 0.156. The van der Waals surface area contributed by atoms with Gasteiger partial charge in [-0.1, -0.05) is 23.2 Å². The third-order valence-electron chi connectivity index (χ3n) is 4.28. The van der Waals surface area contributed by atoms with Crippen LogP contribution in [-0.4, -0.2) is 54.7 Å². The molecule has 180 valence electrons. The molecule has 0 aromatic heterocycles. The maximum Gasteiger partial charge on any atom is 0.417 e. The number of ether oxygens (including phenoxy) is 3. The summed E-state index contributed by atoms with van der Waals surface area (Å²) in [7, 11) is 1.27. The van der Waals surface area contributed by atoms with Crippen molar-refractivity contribution in [3.8, 4) is 5.75 Å². The van der Waals surface area contributed by atoms with Gasteiger partial charge in [-0.3, -0.25) is 29.4 Å². The first-order valence-corrected chi connectivity index (χ1v) is 10.1. The van der Waals surface area contributed by atoms with Crippen molar-refractivity contribution in [2.75, 3.05) is 19.0 Å². The summed E-state index contributed by atoms with van der Waals surface area (Å²) in [6.07, 6.45) is -2.15. The number of rotatable bonds is 11. The topological polar surface area (TPSA) is 154 Å². The first-order chi connectivity index (χ1) is 16.2. The fourth-order valence-electron chi connectivity index (χ4n) is 2.59. The minimum absolute atomic E-state index is 0.0321. The predicted octanol–water partition coefficient (Wildman–Crippen LogP) is 3.65. The van der Waals surface area contributed by atoms with Crippen LogP contribution in [0.25, 0.3) is 0 Å². The molecule has 0 fully saturated rings. The number of carbonyl (C=O) groups excluding carboxylic acids is 4. The van der Waals surface area contributed by atoms with Gasteiger partial charge >= 0.3 is 6.09 Å². The molecule has 14 heteroatoms. The van der Waals surface area contributed by atoms with Gasteiger partial charge in [-0.2, -0.15) is 0 Å². The van der Waals surface area contributed by atoms with Crippen LogP contribution in [0.1, 0.15) is 16.8 Å². The van der Waals surface area contributed by atoms with Gasteiger partial charge in [0.05, 0.1) is 27.8 Å². The maximum atomic E-state index is 12.8. The molecule has 34 heavy (non-hydrogen) atoms. The molecular weight excluding hydrogens is 497 g/mol. The number of nitro groups is 1. The molecule has 0 aliphatic carbocycles. The first kappa shape index (κ1) is 26.4. The molecule has 1 N–H and O–H groups in total. The Morgan fingerprint density at radius 1 is 1.18 bits per heavy atom. The second-order valence-electron chi connectivity index (χ2n) is 6.44. The van der Waals surface area contributed by atoms with E-state index >= 15 is 0 Å². The summed E-state index contributed by atoms with van der Waals surface area (Å²) in [5.41, 5.74) is -0.351. The number of hydrogen-bond acceptors (Lipinski definition) is 9. The second-order valence-corrected chi connectivity index (χ2v) is 7.28. The van der Waals surface area contributed by atoms with Crippen molar-refractivity contribution in [1.29, 1.82) is 0 Å². The molecule has 12 nitrogen and oxygen atoms in total. The lowest BCUT2D eigenvalue weighted by molar-refractivity contribution is -0.384. The highest BCUT2D eigenvalue weighted by Gasteiger charge is 2.25. The van der Waals surface area contributed by atoms with Crippen molar-refractivity contribution in [3.63, 3.8) is 0 Å². The lowest BCUT2D eigenvalue weighted by Gasteiger charge is -2.25. The zero-order valence-electron chi connectivity index (χ0n) is 17.4. The fraction of sp³-hybridized carbons (Fsp3) is 0.200. The third-order valence-corrected chi connectivity index (χ3v) is 4.83. The highest BCUT2D eigenvalue weighted by molar-refractivity contribution is 6.34. The van der Waals surface area contributed by atoms with Crippen LogP contribution in [0.4, 0.5) is 16.2 Å². The van der Waals surface area contributed by atoms with Gasteiger partial charge in [0.2, 0.25) is 0 Å². The molecule has 0 saturated carbocycles. The van der Waals surface area contributed by atoms with Gasteiger partial charge in [-0.05, 0) is 24.3 Å². The van der Waals surface area contributed by atoms with Crippen molar-refractivity contribution in [1.82, 2.24) is 4.90 Å². The van der Waals surface area contributed by atoms with Crippen LogP contribution in [0.15, 0.2) is 36.4 Å². The van der Waals surface area contributed by atoms with Gasteiger partial charge in [-0.15, -0.1) is 0 Å². The molecule has 2 aromatic carbocycles. The Kier molecular flexibility index (Phi) is 9.59. The normalized spacial score (nSPS) is 11.0. The van der Waals surface area contributed by atoms with Gasteiger partial charge in [-0.25, -0.2) is 4.79 Å². The summed E-state index contributed by atoms with van der Waals surface area (Å²) < 4.78 is 14.6. The van der Waals surface area contributed by atoms with Gasteiger partial charge in [0.1, 0.15) is 5.75 Å². The predicted molar refractivity (Wildman–Crippen MR) is 119 cm³/mol. The molecule has 0 heterocycles. The molecule has 2 rings (SSSR count). The van der Waals surface area contributed by atoms with Crippen LogP contribution in [-0.2, 0) is 19.1 Å². The van der Waals surface area contributed by atoms with Gasteiger partial charge in [0, 0.05) is 30.6 Å². The van der Waals surface area contributed by atoms with E-state index in [2.05, 4.69) is 10.1 Å². The van der Waals surface area contributed by atoms with Gasteiger partial charge in [0.15, 0.2) is 6.23 Å². The van der Waals surface area contributed by atoms with Crippen LogP contribution in [0.5, 0.6) is 5.75 Å². The van der Waals surface area contributed by atoms with Crippen molar-refractivity contribution >= 4 is 59.5 Å². The number of non-ortho nitro benzene ring substituents is 1. The van der Waals surface area contributed by atoms with E-state index in [1.807, 2.05) is 0 Å². The van der Waals surface area contributed by atoms with Crippen molar-refractivity contribution in [2.24, 2.45) is 0 Å². The number of hydrogen-bond donors (Lipinski definition) is 1. The number of nitro benzene ring substituents is 1. The maximum absolute atomic E-state index is 12.8. The Labute approximate surface area is 202 Å². The third kappa shape index (κ3) is 7.05. The summed E-state index contributed by atoms with van der Waals surface area (Å²) in [4.78, 5) is 57.6. The van der Waals surface area contributed by atoms with E-state index < -0.39 is 23.2 Å². The molecule has 0 aliphatic rings. The monoisotopic (exact) mass is 513 g/mol. The van der Waals surface area contributed by atoms with Crippen LogP contribution >= 0.6 is 23.2 Å². The highest BCUT2D eigenvalue weighted by Crippen LogP contribution is 2.29. The fourth-order valence-corrected chi connectivity index (χ4v) is 2.99. The van der Waals surface area contributed by atoms with Crippen LogP contribution in [0, 0.1) is 10.1 Å². The smallest absolute Gasteiger partial charge is 0.417 e. The van der Waals surface area contributed by atoms with E-state index in [-0.39, 0.29) is 58.7 Å². The summed E-state index contributed by atoms with van der Waals surface area (Å²) >= 11 is 12.0. The number of amides is 2. The molecule has 2 aromatic rings. The Morgan fingerprint density at radius 3 is 2.53 bits per heavy atom. The Morgan fingerprint density at radius 2 is 1.91 bits per heavy atom. The first-order valence-electron chi connectivity index (χ1n) is 9.31. The van der Waals surface area contributed by atoms with Crippen molar-refractivity contribution < 1.29 is 38.3 Å². The highest BCUT2D eigenvalue weighted by atomic mass is 35.5. The number of nitrogens with zero attached hydrogens (tertiary/aromatic N) is 2. The van der Waals surface area contributed by atoms with Gasteiger partial charge in [0.25, 0.3) is 24.5 Å². The molecule has 0 bridgehead atoms. The molecule has 0 spiro atoms. The van der Waals surface area contributed by atoms with E-state index in [1.165, 1.54) is 31.3 Å². The summed E-state index contributed by atoms with van der Waals surface area (Å²) in [5, 5.41) is 13.4. The van der Waals surface area contributed by atoms with Crippen molar-refractivity contribution in [2.45, 2.75) is 12.6 Å². The molecule has 1 unspecified atom stereocenters. The standard InChI is InChI=1S/C20H17Cl2N3O9/c1-24(18(33-11-27)6-7-32-10-26)20(29)34-17-5-2-12(21)8-14(17)19(28)23-16-4-3-13(25(30)31)9-15(16)22/h2-5,8-11,18H,6-7H2,1H3,(H,23,28). The zero-order chi connectivity index (χ0) is 25.3. The average Bonchev–Trinajstić information content (AvgIpc) is 2.80. The summed E-state index contributed by atoms with van der Waals surface area (Å²) in [5.74, 6) is -0.963. The largest absolute Gasteiger partial charge is 0.468 e. The van der Waals surface area contributed by atoms with Crippen LogP contribution in [0.2, 0.25) is 10.0 Å². The summed E-state index contributed by atoms with van der Waals surface area (Å²) in [6.45, 7) is 0.181. The number of halogens is 2. The Bertz CT molecular complexity index is 1100. The molecule has 0 saturated heterocycles. The molecular formula is C20H17Cl2N3O9. The average molecular weight is 514 g/mol. The molecule has 0 aliphatic heterocycles. The second kappa shape index (κ2) is 12.4. The molecule has 1 atom stereocenters. The SMILES string of the molecule is CN(C(=O)Oc1ccc(Cl)cc1C(=O)Nc1ccc([N+](=O)[O-])cc1Cl)C(CCOC=O)OC=O. The molecule has 2 amide bonds. The van der Waals surface area contributed by atoms with Gasteiger partial charge < -0.3 is 19.5 Å². The Hall–Kier alpha value is -3.90. The van der Waals surface area contributed by atoms with Crippen LogP contribution < -0.4 is 10.1 Å². The van der Waals surface area contributed by atoms with E-state index in [4.69, 9.17) is 32.7 Å². The minimum atomic E-state index is -1.12. The number of carbonyl (C=O) groups is 4.